The van der Waals surface area contributed by atoms with Crippen molar-refractivity contribution in [1.82, 2.24) is 9.97 Å². The van der Waals surface area contributed by atoms with E-state index in [4.69, 9.17) is 14.4 Å². The molecular weight excluding hydrogens is 392 g/mol. The first-order chi connectivity index (χ1) is 15.7. The maximum Gasteiger partial charge on any atom is 0.231 e. The zero-order valence-electron chi connectivity index (χ0n) is 18.0. The van der Waals surface area contributed by atoms with Gasteiger partial charge in [-0.1, -0.05) is 98.8 Å². The number of rotatable bonds is 3. The molecule has 0 saturated carbocycles. The van der Waals surface area contributed by atoms with Crippen molar-refractivity contribution in [3.8, 4) is 22.4 Å². The van der Waals surface area contributed by atoms with Crippen molar-refractivity contribution in [2.75, 3.05) is 0 Å². The summed E-state index contributed by atoms with van der Waals surface area (Å²) in [4.78, 5) is 9.84. The second kappa shape index (κ2) is 7.31. The Morgan fingerprint density at radius 2 is 1.25 bits per heavy atom. The van der Waals surface area contributed by atoms with Gasteiger partial charge in [0, 0.05) is 16.9 Å². The molecule has 0 aliphatic rings. The highest BCUT2D eigenvalue weighted by atomic mass is 16.3. The third kappa shape index (κ3) is 2.89. The minimum Gasteiger partial charge on any atom is -0.438 e. The lowest BCUT2D eigenvalue weighted by atomic mass is 9.93. The van der Waals surface area contributed by atoms with Crippen LogP contribution in [0.5, 0.6) is 0 Å². The summed E-state index contributed by atoms with van der Waals surface area (Å²) < 4.78 is 6.16. The number of hydrogen-bond acceptors (Lipinski definition) is 3. The maximum atomic E-state index is 6.16. The molecule has 0 fully saturated rings. The van der Waals surface area contributed by atoms with E-state index >= 15 is 0 Å². The lowest BCUT2D eigenvalue weighted by molar-refractivity contribution is 0.643. The highest BCUT2D eigenvalue weighted by Crippen LogP contribution is 2.40. The van der Waals surface area contributed by atoms with Gasteiger partial charge in [-0.25, -0.2) is 4.98 Å². The van der Waals surface area contributed by atoms with Gasteiger partial charge in [0.1, 0.15) is 11.4 Å². The van der Waals surface area contributed by atoms with Crippen LogP contribution in [-0.2, 0) is 0 Å². The fraction of sp³-hybridized carbons (Fsp3) is 0.103. The summed E-state index contributed by atoms with van der Waals surface area (Å²) >= 11 is 0. The Hall–Kier alpha value is -3.98. The number of aromatic nitrogens is 2. The number of benzene rings is 4. The quantitative estimate of drug-likeness (QED) is 0.294. The first kappa shape index (κ1) is 18.8. The van der Waals surface area contributed by atoms with E-state index in [0.29, 0.717) is 5.71 Å². The fourth-order valence-electron chi connectivity index (χ4n) is 4.47. The highest BCUT2D eigenvalue weighted by molar-refractivity contribution is 6.14. The lowest BCUT2D eigenvalue weighted by Gasteiger charge is -2.13. The average molecular weight is 415 g/mol. The van der Waals surface area contributed by atoms with E-state index in [-0.39, 0.29) is 5.92 Å². The first-order valence-corrected chi connectivity index (χ1v) is 11.0. The monoisotopic (exact) mass is 414 g/mol. The van der Waals surface area contributed by atoms with Crippen LogP contribution < -0.4 is 0 Å². The number of fused-ring (bicyclic) bond motifs is 4. The van der Waals surface area contributed by atoms with E-state index in [1.54, 1.807) is 0 Å². The molecule has 6 rings (SSSR count). The van der Waals surface area contributed by atoms with E-state index in [1.165, 1.54) is 21.9 Å². The third-order valence-corrected chi connectivity index (χ3v) is 6.04. The normalized spacial score (nSPS) is 11.7. The van der Waals surface area contributed by atoms with Crippen LogP contribution in [0.15, 0.2) is 95.4 Å². The van der Waals surface area contributed by atoms with Gasteiger partial charge < -0.3 is 4.42 Å². The average Bonchev–Trinajstić information content (AvgIpc) is 3.22. The molecule has 0 spiro atoms. The molecule has 0 N–H and O–H groups in total. The van der Waals surface area contributed by atoms with Gasteiger partial charge in [-0.05, 0) is 28.0 Å². The Morgan fingerprint density at radius 3 is 2.00 bits per heavy atom. The molecule has 0 radical (unpaired) electrons. The van der Waals surface area contributed by atoms with E-state index in [9.17, 15) is 0 Å². The number of para-hydroxylation sites is 1. The van der Waals surface area contributed by atoms with Gasteiger partial charge >= 0.3 is 0 Å². The number of hydrogen-bond donors (Lipinski definition) is 0. The molecule has 0 atom stereocenters. The van der Waals surface area contributed by atoms with Gasteiger partial charge in [0.15, 0.2) is 0 Å². The first-order valence-electron chi connectivity index (χ1n) is 11.0. The van der Waals surface area contributed by atoms with Gasteiger partial charge in [-0.15, -0.1) is 0 Å². The molecule has 0 unspecified atom stereocenters. The molecule has 4 aromatic carbocycles. The molecule has 3 nitrogen and oxygen atoms in total. The summed E-state index contributed by atoms with van der Waals surface area (Å²) in [5, 5.41) is 4.40. The van der Waals surface area contributed by atoms with Gasteiger partial charge in [0.25, 0.3) is 0 Å². The molecule has 3 heteroatoms. The van der Waals surface area contributed by atoms with Gasteiger partial charge in [-0.3, -0.25) is 0 Å². The minimum absolute atomic E-state index is 0.196. The number of nitrogens with zero attached hydrogens (tertiary/aromatic N) is 2. The van der Waals surface area contributed by atoms with Crippen molar-refractivity contribution in [3.63, 3.8) is 0 Å². The van der Waals surface area contributed by atoms with Crippen molar-refractivity contribution in [2.24, 2.45) is 0 Å². The Balaban J connectivity index is 1.72. The molecular formula is C29H22N2O. The SMILES string of the molecule is CC(C)c1nc(-c2ccc(-c3ccccc3)c3ccccc23)c2c(n1)oc1ccccc12. The summed E-state index contributed by atoms with van der Waals surface area (Å²) in [6, 6.07) is 31.6. The Labute approximate surface area is 186 Å². The standard InChI is InChI=1S/C29H22N2O/c1-18(2)28-30-27(26-24-14-8-9-15-25(24)32-29(26)31-28)23-17-16-20(19-10-4-3-5-11-19)21-12-6-7-13-22(21)23/h3-18H,1-2H3. The van der Waals surface area contributed by atoms with Crippen molar-refractivity contribution < 1.29 is 4.42 Å². The largest absolute Gasteiger partial charge is 0.438 e. The van der Waals surface area contributed by atoms with Crippen LogP contribution in [0.25, 0.3) is 55.2 Å². The van der Waals surface area contributed by atoms with Crippen LogP contribution in [-0.4, -0.2) is 9.97 Å². The second-order valence-corrected chi connectivity index (χ2v) is 8.44. The molecule has 0 amide bonds. The molecule has 0 bridgehead atoms. The minimum atomic E-state index is 0.196. The van der Waals surface area contributed by atoms with Crippen LogP contribution >= 0.6 is 0 Å². The Morgan fingerprint density at radius 1 is 0.625 bits per heavy atom. The van der Waals surface area contributed by atoms with Crippen LogP contribution in [0.2, 0.25) is 0 Å². The highest BCUT2D eigenvalue weighted by Gasteiger charge is 2.20. The van der Waals surface area contributed by atoms with Crippen molar-refractivity contribution >= 4 is 32.8 Å². The Kier molecular flexibility index (Phi) is 4.29. The molecule has 2 aromatic heterocycles. The van der Waals surface area contributed by atoms with E-state index < -0.39 is 0 Å². The molecule has 0 aliphatic carbocycles. The van der Waals surface area contributed by atoms with Crippen LogP contribution in [0.4, 0.5) is 0 Å². The van der Waals surface area contributed by atoms with Crippen molar-refractivity contribution in [2.45, 2.75) is 19.8 Å². The van der Waals surface area contributed by atoms with Crippen LogP contribution in [0, 0.1) is 0 Å². The Bertz CT molecular complexity index is 1600. The maximum absolute atomic E-state index is 6.16. The topological polar surface area (TPSA) is 38.9 Å². The lowest BCUT2D eigenvalue weighted by Crippen LogP contribution is -2.00. The van der Waals surface area contributed by atoms with E-state index in [2.05, 4.69) is 86.6 Å². The predicted octanol–water partition coefficient (Wildman–Crippen LogP) is 7.99. The molecule has 6 aromatic rings. The predicted molar refractivity (Wildman–Crippen MR) is 132 cm³/mol. The summed E-state index contributed by atoms with van der Waals surface area (Å²) in [7, 11) is 0. The van der Waals surface area contributed by atoms with E-state index in [0.717, 1.165) is 33.4 Å². The molecule has 154 valence electrons. The smallest absolute Gasteiger partial charge is 0.231 e. The van der Waals surface area contributed by atoms with Gasteiger partial charge in [0.05, 0.1) is 11.1 Å². The van der Waals surface area contributed by atoms with Crippen molar-refractivity contribution in [1.29, 1.82) is 0 Å². The zero-order chi connectivity index (χ0) is 21.7. The van der Waals surface area contributed by atoms with Gasteiger partial charge in [0.2, 0.25) is 5.71 Å². The number of furan rings is 1. The second-order valence-electron chi connectivity index (χ2n) is 8.44. The van der Waals surface area contributed by atoms with Gasteiger partial charge in [-0.2, -0.15) is 4.98 Å². The zero-order valence-corrected chi connectivity index (χ0v) is 18.0. The third-order valence-electron chi connectivity index (χ3n) is 6.04. The van der Waals surface area contributed by atoms with Crippen LogP contribution in [0.3, 0.4) is 0 Å². The fourth-order valence-corrected chi connectivity index (χ4v) is 4.47. The molecule has 2 heterocycles. The van der Waals surface area contributed by atoms with E-state index in [1.807, 2.05) is 18.2 Å². The summed E-state index contributed by atoms with van der Waals surface area (Å²) in [5.74, 6) is 0.990. The van der Waals surface area contributed by atoms with Crippen LogP contribution in [0.1, 0.15) is 25.6 Å². The molecule has 32 heavy (non-hydrogen) atoms. The van der Waals surface area contributed by atoms with Crippen molar-refractivity contribution in [3.05, 3.63) is 96.8 Å². The summed E-state index contributed by atoms with van der Waals surface area (Å²) in [6.07, 6.45) is 0. The molecule has 0 saturated heterocycles. The summed E-state index contributed by atoms with van der Waals surface area (Å²) in [6.45, 7) is 4.23. The summed E-state index contributed by atoms with van der Waals surface area (Å²) in [5.41, 5.74) is 5.94. The molecule has 0 aliphatic heterocycles.